The van der Waals surface area contributed by atoms with Gasteiger partial charge in [0.25, 0.3) is 5.91 Å². The lowest BCUT2D eigenvalue weighted by Crippen LogP contribution is -2.34. The zero-order chi connectivity index (χ0) is 25.3. The number of likely N-dealkylation sites (N-methyl/N-ethyl adjacent to an activating group) is 1. The average molecular weight is 485 g/mol. The van der Waals surface area contributed by atoms with E-state index < -0.39 is 0 Å². The Kier molecular flexibility index (Phi) is 8.47. The molecule has 7 nitrogen and oxygen atoms in total. The standard InChI is InChI=1S/C29H32N4O3/c1-4-33(5-2)18-17-30-29(34)25-16-13-22(19-27(25)35-3)28-31-20-26(32-28)21-11-14-24(15-12-21)36-23-9-7-6-8-10-23/h6-16,19H,4-5,17-18,20H2,1-3H3,(H,30,34). The molecule has 36 heavy (non-hydrogen) atoms. The summed E-state index contributed by atoms with van der Waals surface area (Å²) in [4.78, 5) is 24.3. The Hall–Kier alpha value is -3.97. The quantitative estimate of drug-likeness (QED) is 0.424. The average Bonchev–Trinajstić information content (AvgIpc) is 3.42. The summed E-state index contributed by atoms with van der Waals surface area (Å²) in [7, 11) is 1.57. The molecule has 1 aliphatic rings. The molecule has 0 saturated heterocycles. The molecule has 0 saturated carbocycles. The highest BCUT2D eigenvalue weighted by molar-refractivity contribution is 6.17. The van der Waals surface area contributed by atoms with Crippen molar-refractivity contribution in [3.05, 3.63) is 89.5 Å². The van der Waals surface area contributed by atoms with Gasteiger partial charge in [0.05, 0.1) is 24.9 Å². The first-order valence-corrected chi connectivity index (χ1v) is 12.3. The largest absolute Gasteiger partial charge is 0.496 e. The van der Waals surface area contributed by atoms with Gasteiger partial charge in [-0.15, -0.1) is 0 Å². The van der Waals surface area contributed by atoms with E-state index in [1.807, 2.05) is 66.7 Å². The third-order valence-electron chi connectivity index (χ3n) is 6.10. The summed E-state index contributed by atoms with van der Waals surface area (Å²) >= 11 is 0. The molecule has 1 heterocycles. The van der Waals surface area contributed by atoms with Gasteiger partial charge >= 0.3 is 0 Å². The van der Waals surface area contributed by atoms with Crippen molar-refractivity contribution in [1.29, 1.82) is 0 Å². The highest BCUT2D eigenvalue weighted by Gasteiger charge is 2.18. The highest BCUT2D eigenvalue weighted by atomic mass is 16.5. The predicted molar refractivity (Wildman–Crippen MR) is 144 cm³/mol. The molecule has 1 amide bonds. The zero-order valence-electron chi connectivity index (χ0n) is 21.0. The fraction of sp³-hybridized carbons (Fsp3) is 0.276. The lowest BCUT2D eigenvalue weighted by Gasteiger charge is -2.18. The van der Waals surface area contributed by atoms with E-state index in [0.29, 0.717) is 30.2 Å². The Bertz CT molecular complexity index is 1230. The Labute approximate surface area is 212 Å². The third kappa shape index (κ3) is 6.17. The Morgan fingerprint density at radius 3 is 2.33 bits per heavy atom. The third-order valence-corrected chi connectivity index (χ3v) is 6.10. The van der Waals surface area contributed by atoms with Crippen LogP contribution in [0.4, 0.5) is 0 Å². The van der Waals surface area contributed by atoms with Crippen LogP contribution in [0.3, 0.4) is 0 Å². The van der Waals surface area contributed by atoms with E-state index in [4.69, 9.17) is 14.5 Å². The fourth-order valence-corrected chi connectivity index (χ4v) is 3.98. The molecule has 7 heteroatoms. The molecule has 0 aliphatic carbocycles. The van der Waals surface area contributed by atoms with Crippen LogP contribution in [-0.2, 0) is 0 Å². The molecule has 3 aromatic rings. The topological polar surface area (TPSA) is 75.5 Å². The molecule has 186 valence electrons. The number of nitrogens with zero attached hydrogens (tertiary/aromatic N) is 3. The molecule has 0 atom stereocenters. The van der Waals surface area contributed by atoms with Gasteiger partial charge in [0.15, 0.2) is 5.84 Å². The van der Waals surface area contributed by atoms with Crippen LogP contribution < -0.4 is 14.8 Å². The minimum Gasteiger partial charge on any atom is -0.496 e. The lowest BCUT2D eigenvalue weighted by molar-refractivity contribution is 0.0946. The summed E-state index contributed by atoms with van der Waals surface area (Å²) in [5.41, 5.74) is 3.18. The Balaban J connectivity index is 1.41. The second-order valence-corrected chi connectivity index (χ2v) is 8.34. The molecule has 1 aliphatic heterocycles. The second-order valence-electron chi connectivity index (χ2n) is 8.34. The highest BCUT2D eigenvalue weighted by Crippen LogP contribution is 2.24. The molecule has 0 fully saturated rings. The van der Waals surface area contributed by atoms with E-state index in [0.717, 1.165) is 48.0 Å². The van der Waals surface area contributed by atoms with Crippen molar-refractivity contribution in [3.63, 3.8) is 0 Å². The fourth-order valence-electron chi connectivity index (χ4n) is 3.98. The summed E-state index contributed by atoms with van der Waals surface area (Å²) in [5, 5.41) is 2.98. The van der Waals surface area contributed by atoms with Crippen molar-refractivity contribution in [3.8, 4) is 17.2 Å². The summed E-state index contributed by atoms with van der Waals surface area (Å²) in [6.45, 7) is 8.03. The number of amidine groups is 1. The first kappa shape index (κ1) is 25.1. The molecule has 3 aromatic carbocycles. The van der Waals surface area contributed by atoms with Crippen molar-refractivity contribution >= 4 is 17.5 Å². The van der Waals surface area contributed by atoms with Crippen molar-refractivity contribution < 1.29 is 14.3 Å². The van der Waals surface area contributed by atoms with E-state index in [2.05, 4.69) is 29.1 Å². The van der Waals surface area contributed by atoms with Gasteiger partial charge in [-0.1, -0.05) is 38.1 Å². The Morgan fingerprint density at radius 2 is 1.64 bits per heavy atom. The molecule has 0 unspecified atom stereocenters. The number of carbonyl (C=O) groups is 1. The van der Waals surface area contributed by atoms with E-state index in [-0.39, 0.29) is 5.91 Å². The number of para-hydroxylation sites is 1. The first-order chi connectivity index (χ1) is 17.6. The molecule has 0 spiro atoms. The molecule has 4 rings (SSSR count). The number of carbonyl (C=O) groups excluding carboxylic acids is 1. The summed E-state index contributed by atoms with van der Waals surface area (Å²) in [6.07, 6.45) is 0. The van der Waals surface area contributed by atoms with E-state index >= 15 is 0 Å². The monoisotopic (exact) mass is 484 g/mol. The van der Waals surface area contributed by atoms with E-state index in [9.17, 15) is 4.79 Å². The molecule has 0 aromatic heterocycles. The van der Waals surface area contributed by atoms with Gasteiger partial charge in [0.1, 0.15) is 17.2 Å². The van der Waals surface area contributed by atoms with Crippen molar-refractivity contribution in [2.45, 2.75) is 13.8 Å². The maximum Gasteiger partial charge on any atom is 0.255 e. The normalized spacial score (nSPS) is 12.8. The van der Waals surface area contributed by atoms with Gasteiger partial charge in [-0.25, -0.2) is 4.99 Å². The minimum absolute atomic E-state index is 0.152. The smallest absolute Gasteiger partial charge is 0.255 e. The van der Waals surface area contributed by atoms with Crippen LogP contribution in [-0.4, -0.2) is 62.2 Å². The number of nitrogens with one attached hydrogen (secondary N) is 1. The zero-order valence-corrected chi connectivity index (χ0v) is 21.0. The van der Waals surface area contributed by atoms with Crippen LogP contribution in [0.2, 0.25) is 0 Å². The van der Waals surface area contributed by atoms with Crippen LogP contribution >= 0.6 is 0 Å². The molecule has 1 N–H and O–H groups in total. The minimum atomic E-state index is -0.152. The number of aliphatic imine (C=N–C) groups is 2. The van der Waals surface area contributed by atoms with Gasteiger partial charge in [0.2, 0.25) is 0 Å². The molecule has 0 radical (unpaired) electrons. The van der Waals surface area contributed by atoms with Gasteiger partial charge in [-0.05, 0) is 67.2 Å². The number of rotatable bonds is 11. The Morgan fingerprint density at radius 1 is 0.944 bits per heavy atom. The number of methoxy groups -OCH3 is 1. The van der Waals surface area contributed by atoms with Crippen LogP contribution in [0.25, 0.3) is 0 Å². The lowest BCUT2D eigenvalue weighted by atomic mass is 10.1. The van der Waals surface area contributed by atoms with E-state index in [1.54, 1.807) is 13.2 Å². The number of ether oxygens (including phenoxy) is 2. The van der Waals surface area contributed by atoms with Crippen LogP contribution in [0.15, 0.2) is 82.8 Å². The van der Waals surface area contributed by atoms with Gasteiger partial charge in [-0.3, -0.25) is 9.79 Å². The first-order valence-electron chi connectivity index (χ1n) is 12.3. The number of amides is 1. The van der Waals surface area contributed by atoms with Gasteiger partial charge in [0, 0.05) is 18.7 Å². The SMILES string of the molecule is CCN(CC)CCNC(=O)c1ccc(C2=NCC(c3ccc(Oc4ccccc4)cc3)=N2)cc1OC. The summed E-state index contributed by atoms with van der Waals surface area (Å²) in [6, 6.07) is 23.0. The van der Waals surface area contributed by atoms with Crippen molar-refractivity contribution in [2.75, 3.05) is 39.8 Å². The van der Waals surface area contributed by atoms with Crippen LogP contribution in [0.1, 0.15) is 35.3 Å². The van der Waals surface area contributed by atoms with Gasteiger partial charge < -0.3 is 19.7 Å². The maximum atomic E-state index is 12.7. The number of hydrogen-bond acceptors (Lipinski definition) is 6. The maximum absolute atomic E-state index is 12.7. The molecular weight excluding hydrogens is 452 g/mol. The molecule has 0 bridgehead atoms. The summed E-state index contributed by atoms with van der Waals surface area (Å²) in [5.74, 6) is 2.54. The van der Waals surface area contributed by atoms with Crippen molar-refractivity contribution in [1.82, 2.24) is 10.2 Å². The molecular formula is C29H32N4O3. The number of benzene rings is 3. The predicted octanol–water partition coefficient (Wildman–Crippen LogP) is 4.81. The van der Waals surface area contributed by atoms with Crippen LogP contribution in [0.5, 0.6) is 17.2 Å². The van der Waals surface area contributed by atoms with Crippen LogP contribution in [0, 0.1) is 0 Å². The summed E-state index contributed by atoms with van der Waals surface area (Å²) < 4.78 is 11.4. The number of hydrogen-bond donors (Lipinski definition) is 1. The van der Waals surface area contributed by atoms with Gasteiger partial charge in [-0.2, -0.15) is 0 Å². The van der Waals surface area contributed by atoms with Crippen molar-refractivity contribution in [2.24, 2.45) is 9.98 Å². The van der Waals surface area contributed by atoms with E-state index in [1.165, 1.54) is 0 Å². The second kappa shape index (κ2) is 12.1.